The lowest BCUT2D eigenvalue weighted by Crippen LogP contribution is -2.41. The van der Waals surface area contributed by atoms with Gasteiger partial charge in [-0.2, -0.15) is 0 Å². The van der Waals surface area contributed by atoms with Crippen LogP contribution in [-0.4, -0.2) is 55.1 Å². The summed E-state index contributed by atoms with van der Waals surface area (Å²) < 4.78 is 50.9. The number of hydrogen-bond donors (Lipinski definition) is 1. The van der Waals surface area contributed by atoms with Gasteiger partial charge in [0.25, 0.3) is 11.8 Å². The molecule has 23 heavy (non-hydrogen) atoms. The van der Waals surface area contributed by atoms with Crippen molar-refractivity contribution >= 4 is 16.8 Å². The first-order valence-electron chi connectivity index (χ1n) is 7.01. The van der Waals surface area contributed by atoms with Crippen molar-refractivity contribution in [2.75, 3.05) is 33.4 Å². The number of halogens is 3. The van der Waals surface area contributed by atoms with Gasteiger partial charge in [-0.25, -0.2) is 13.2 Å². The molecule has 2 heterocycles. The van der Waals surface area contributed by atoms with Gasteiger partial charge in [-0.15, -0.1) is 0 Å². The van der Waals surface area contributed by atoms with Crippen LogP contribution in [0.4, 0.5) is 13.2 Å². The Morgan fingerprint density at radius 2 is 2.22 bits per heavy atom. The normalized spacial score (nSPS) is 18.0. The van der Waals surface area contributed by atoms with E-state index in [2.05, 4.69) is 4.98 Å². The molecule has 5 nitrogen and oxygen atoms in total. The van der Waals surface area contributed by atoms with Crippen molar-refractivity contribution in [1.29, 1.82) is 0 Å². The van der Waals surface area contributed by atoms with Gasteiger partial charge in [-0.3, -0.25) is 4.79 Å². The minimum atomic E-state index is -3.11. The molecule has 1 aromatic heterocycles. The number of aromatic amines is 1. The highest BCUT2D eigenvalue weighted by molar-refractivity contribution is 5.99. The maximum atomic E-state index is 13.9. The molecule has 1 amide bonds. The quantitative estimate of drug-likeness (QED) is 0.921. The fourth-order valence-electron chi connectivity index (χ4n) is 2.60. The largest absolute Gasteiger partial charge is 0.496 e. The summed E-state index contributed by atoms with van der Waals surface area (Å²) in [6, 6.07) is 4.05. The van der Waals surface area contributed by atoms with Crippen molar-refractivity contribution in [2.45, 2.75) is 5.92 Å². The van der Waals surface area contributed by atoms with Gasteiger partial charge in [0, 0.05) is 11.9 Å². The van der Waals surface area contributed by atoms with Crippen molar-refractivity contribution < 1.29 is 27.4 Å². The molecule has 8 heteroatoms. The smallest absolute Gasteiger partial charge is 0.288 e. The Morgan fingerprint density at radius 1 is 1.43 bits per heavy atom. The third-order valence-electron chi connectivity index (χ3n) is 3.68. The molecule has 1 fully saturated rings. The van der Waals surface area contributed by atoms with E-state index in [0.717, 1.165) is 4.90 Å². The average molecular weight is 328 g/mol. The molecule has 1 aliphatic heterocycles. The molecule has 124 valence electrons. The first-order chi connectivity index (χ1) is 10.9. The van der Waals surface area contributed by atoms with Crippen LogP contribution < -0.4 is 4.74 Å². The van der Waals surface area contributed by atoms with Crippen LogP contribution in [0.1, 0.15) is 10.5 Å². The Morgan fingerprint density at radius 3 is 2.96 bits per heavy atom. The van der Waals surface area contributed by atoms with E-state index >= 15 is 0 Å². The molecular formula is C15H15F3N2O3. The number of H-pyrrole nitrogens is 1. The lowest BCUT2D eigenvalue weighted by atomic mass is 10.2. The first-order valence-corrected chi connectivity index (χ1v) is 7.01. The third-order valence-corrected chi connectivity index (χ3v) is 3.68. The molecule has 0 atom stereocenters. The Kier molecular flexibility index (Phi) is 3.93. The number of alkyl halides is 2. The van der Waals surface area contributed by atoms with Gasteiger partial charge in [0.15, 0.2) is 0 Å². The van der Waals surface area contributed by atoms with Crippen LogP contribution in [0.15, 0.2) is 18.2 Å². The molecular weight excluding hydrogens is 313 g/mol. The van der Waals surface area contributed by atoms with E-state index in [-0.39, 0.29) is 24.4 Å². The molecule has 0 radical (unpaired) electrons. The zero-order valence-electron chi connectivity index (χ0n) is 12.4. The van der Waals surface area contributed by atoms with Gasteiger partial charge in [0.1, 0.15) is 23.9 Å². The molecule has 1 saturated heterocycles. The molecule has 1 aliphatic rings. The van der Waals surface area contributed by atoms with Crippen LogP contribution in [0.2, 0.25) is 0 Å². The van der Waals surface area contributed by atoms with Crippen molar-refractivity contribution in [3.05, 3.63) is 29.7 Å². The highest BCUT2D eigenvalue weighted by Gasteiger charge is 2.37. The van der Waals surface area contributed by atoms with Crippen LogP contribution >= 0.6 is 0 Å². The predicted octanol–water partition coefficient (Wildman–Crippen LogP) is 2.42. The summed E-state index contributed by atoms with van der Waals surface area (Å²) in [5.74, 6) is -3.90. The minimum Gasteiger partial charge on any atom is -0.496 e. The van der Waals surface area contributed by atoms with E-state index in [1.807, 2.05) is 0 Å². The van der Waals surface area contributed by atoms with Gasteiger partial charge in [-0.05, 0) is 18.2 Å². The molecule has 0 bridgehead atoms. The Hall–Kier alpha value is -2.22. The number of nitrogens with one attached hydrogen (secondary N) is 1. The predicted molar refractivity (Wildman–Crippen MR) is 76.5 cm³/mol. The SMILES string of the molecule is COc1ccc(F)c2[nH]c(C(=O)N3CCOCC(F)(F)C3)cc12. The number of ether oxygens (including phenoxy) is 2. The first kappa shape index (κ1) is 15.7. The molecule has 2 aromatic rings. The summed E-state index contributed by atoms with van der Waals surface area (Å²) in [7, 11) is 1.42. The highest BCUT2D eigenvalue weighted by atomic mass is 19.3. The zero-order valence-corrected chi connectivity index (χ0v) is 12.4. The summed E-state index contributed by atoms with van der Waals surface area (Å²) in [5.41, 5.74) is 0.131. The summed E-state index contributed by atoms with van der Waals surface area (Å²) in [6.07, 6.45) is 0. The summed E-state index contributed by atoms with van der Waals surface area (Å²) in [6.45, 7) is -1.38. The molecule has 1 aromatic carbocycles. The van der Waals surface area contributed by atoms with Crippen LogP contribution in [-0.2, 0) is 4.74 Å². The van der Waals surface area contributed by atoms with Gasteiger partial charge < -0.3 is 19.4 Å². The average Bonchev–Trinajstić information content (AvgIpc) is 2.88. The topological polar surface area (TPSA) is 54.6 Å². The maximum Gasteiger partial charge on any atom is 0.288 e. The number of aromatic nitrogens is 1. The fourth-order valence-corrected chi connectivity index (χ4v) is 2.60. The highest BCUT2D eigenvalue weighted by Crippen LogP contribution is 2.29. The van der Waals surface area contributed by atoms with E-state index in [9.17, 15) is 18.0 Å². The van der Waals surface area contributed by atoms with E-state index in [4.69, 9.17) is 9.47 Å². The number of carbonyl (C=O) groups is 1. The number of hydrogen-bond acceptors (Lipinski definition) is 3. The van der Waals surface area contributed by atoms with Gasteiger partial charge in [0.2, 0.25) is 0 Å². The van der Waals surface area contributed by atoms with Gasteiger partial charge >= 0.3 is 0 Å². The lowest BCUT2D eigenvalue weighted by Gasteiger charge is -2.22. The zero-order chi connectivity index (χ0) is 16.6. The minimum absolute atomic E-state index is 0.0270. The fraction of sp³-hybridized carbons (Fsp3) is 0.400. The number of amides is 1. The lowest BCUT2D eigenvalue weighted by molar-refractivity contribution is -0.0661. The summed E-state index contributed by atoms with van der Waals surface area (Å²) in [4.78, 5) is 16.1. The number of fused-ring (bicyclic) bond motifs is 1. The number of methoxy groups -OCH3 is 1. The Balaban J connectivity index is 1.96. The molecule has 1 N–H and O–H groups in total. The van der Waals surface area contributed by atoms with E-state index in [0.29, 0.717) is 11.1 Å². The van der Waals surface area contributed by atoms with E-state index < -0.39 is 30.8 Å². The van der Waals surface area contributed by atoms with Crippen molar-refractivity contribution in [2.24, 2.45) is 0 Å². The molecule has 0 aliphatic carbocycles. The summed E-state index contributed by atoms with van der Waals surface area (Å²) >= 11 is 0. The third kappa shape index (κ3) is 2.98. The van der Waals surface area contributed by atoms with E-state index in [1.165, 1.54) is 25.3 Å². The molecule has 0 unspecified atom stereocenters. The standard InChI is InChI=1S/C15H15F3N2O3/c1-22-12-3-2-10(16)13-9(12)6-11(19-13)14(21)20-4-5-23-8-15(17,18)7-20/h2-3,6,19H,4-5,7-8H2,1H3. The second-order valence-corrected chi connectivity index (χ2v) is 5.36. The summed E-state index contributed by atoms with van der Waals surface area (Å²) in [5, 5.41) is 0.383. The van der Waals surface area contributed by atoms with Crippen LogP contribution in [0.25, 0.3) is 10.9 Å². The molecule has 0 saturated carbocycles. The number of nitrogens with zero attached hydrogens (tertiary/aromatic N) is 1. The van der Waals surface area contributed by atoms with Gasteiger partial charge in [-0.1, -0.05) is 0 Å². The van der Waals surface area contributed by atoms with Crippen LogP contribution in [0.5, 0.6) is 5.75 Å². The van der Waals surface area contributed by atoms with Crippen molar-refractivity contribution in [1.82, 2.24) is 9.88 Å². The number of carbonyl (C=O) groups excluding carboxylic acids is 1. The second kappa shape index (κ2) is 5.77. The van der Waals surface area contributed by atoms with E-state index in [1.54, 1.807) is 0 Å². The Labute approximate surface area is 130 Å². The van der Waals surface area contributed by atoms with Crippen LogP contribution in [0, 0.1) is 5.82 Å². The number of benzene rings is 1. The van der Waals surface area contributed by atoms with Gasteiger partial charge in [0.05, 0.1) is 25.8 Å². The number of rotatable bonds is 2. The second-order valence-electron chi connectivity index (χ2n) is 5.36. The van der Waals surface area contributed by atoms with Crippen molar-refractivity contribution in [3.8, 4) is 5.75 Å². The monoisotopic (exact) mass is 328 g/mol. The maximum absolute atomic E-state index is 13.9. The Bertz CT molecular complexity index is 745. The van der Waals surface area contributed by atoms with Crippen LogP contribution in [0.3, 0.4) is 0 Å². The molecule has 3 rings (SSSR count). The molecule has 0 spiro atoms. The van der Waals surface area contributed by atoms with Crippen molar-refractivity contribution in [3.63, 3.8) is 0 Å².